The van der Waals surface area contributed by atoms with Gasteiger partial charge in [-0.05, 0) is 18.9 Å². The first-order valence-corrected chi connectivity index (χ1v) is 6.42. The lowest BCUT2D eigenvalue weighted by Gasteiger charge is -2.30. The first-order valence-electron chi connectivity index (χ1n) is 6.04. The van der Waals surface area contributed by atoms with Crippen LogP contribution < -0.4 is 11.1 Å². The van der Waals surface area contributed by atoms with Crippen LogP contribution in [0.1, 0.15) is 25.7 Å². The van der Waals surface area contributed by atoms with Crippen LogP contribution in [0.5, 0.6) is 0 Å². The fourth-order valence-electron chi connectivity index (χ4n) is 2.33. The Kier molecular flexibility index (Phi) is 4.04. The second kappa shape index (κ2) is 5.54. The average molecular weight is 270 g/mol. The Labute approximate surface area is 110 Å². The van der Waals surface area contributed by atoms with E-state index in [1.165, 1.54) is 6.07 Å². The van der Waals surface area contributed by atoms with E-state index in [0.717, 1.165) is 25.7 Å². The quantitative estimate of drug-likeness (QED) is 0.653. The third-order valence-electron chi connectivity index (χ3n) is 3.34. The highest BCUT2D eigenvalue weighted by Gasteiger charge is 2.25. The highest BCUT2D eigenvalue weighted by Crippen LogP contribution is 2.34. The molecule has 0 aliphatic heterocycles. The van der Waals surface area contributed by atoms with Crippen molar-refractivity contribution in [2.24, 2.45) is 5.73 Å². The largest absolute Gasteiger partial charge is 0.374 e. The Bertz CT molecular complexity index is 453. The molecule has 1 fully saturated rings. The van der Waals surface area contributed by atoms with Crippen LogP contribution in [0.2, 0.25) is 5.02 Å². The smallest absolute Gasteiger partial charge is 0.293 e. The molecule has 0 aromatic heterocycles. The van der Waals surface area contributed by atoms with Crippen molar-refractivity contribution in [2.75, 3.05) is 5.32 Å². The molecule has 0 bridgehead atoms. The molecule has 1 aromatic carbocycles. The van der Waals surface area contributed by atoms with Gasteiger partial charge in [0.15, 0.2) is 0 Å². The van der Waals surface area contributed by atoms with E-state index < -0.39 is 4.92 Å². The number of benzene rings is 1. The Morgan fingerprint density at radius 3 is 2.78 bits per heavy atom. The van der Waals surface area contributed by atoms with Gasteiger partial charge < -0.3 is 11.1 Å². The Hall–Kier alpha value is -1.33. The zero-order chi connectivity index (χ0) is 13.1. The van der Waals surface area contributed by atoms with Crippen molar-refractivity contribution in [3.8, 4) is 0 Å². The van der Waals surface area contributed by atoms with E-state index >= 15 is 0 Å². The fourth-order valence-corrected chi connectivity index (χ4v) is 2.56. The minimum atomic E-state index is -0.428. The molecule has 2 rings (SSSR count). The van der Waals surface area contributed by atoms with Crippen molar-refractivity contribution in [1.82, 2.24) is 0 Å². The third-order valence-corrected chi connectivity index (χ3v) is 3.65. The van der Waals surface area contributed by atoms with E-state index in [9.17, 15) is 10.1 Å². The average Bonchev–Trinajstić information content (AvgIpc) is 2.34. The number of halogens is 1. The summed E-state index contributed by atoms with van der Waals surface area (Å²) in [4.78, 5) is 10.5. The van der Waals surface area contributed by atoms with E-state index in [0.29, 0.717) is 10.7 Å². The second-order valence-corrected chi connectivity index (χ2v) is 5.00. The maximum atomic E-state index is 11.0. The van der Waals surface area contributed by atoms with Gasteiger partial charge in [0.05, 0.1) is 9.95 Å². The molecule has 0 heterocycles. The van der Waals surface area contributed by atoms with Gasteiger partial charge in [-0.3, -0.25) is 10.1 Å². The normalized spacial score (nSPS) is 23.7. The van der Waals surface area contributed by atoms with Crippen molar-refractivity contribution in [1.29, 1.82) is 0 Å². The molecule has 1 saturated carbocycles. The molecule has 0 radical (unpaired) electrons. The van der Waals surface area contributed by atoms with Crippen LogP contribution >= 0.6 is 11.6 Å². The van der Waals surface area contributed by atoms with Gasteiger partial charge in [0.25, 0.3) is 5.69 Å². The van der Waals surface area contributed by atoms with Crippen LogP contribution in [0.15, 0.2) is 18.2 Å². The summed E-state index contributed by atoms with van der Waals surface area (Å²) >= 11 is 6.03. The van der Waals surface area contributed by atoms with E-state index in [1.54, 1.807) is 12.1 Å². The third kappa shape index (κ3) is 2.73. The first kappa shape index (κ1) is 13.1. The number of nitrogens with zero attached hydrogens (tertiary/aromatic N) is 1. The van der Waals surface area contributed by atoms with Gasteiger partial charge in [0.2, 0.25) is 0 Å². The highest BCUT2D eigenvalue weighted by atomic mass is 35.5. The Morgan fingerprint density at radius 2 is 2.11 bits per heavy atom. The van der Waals surface area contributed by atoms with E-state index in [1.807, 2.05) is 0 Å². The topological polar surface area (TPSA) is 81.2 Å². The summed E-state index contributed by atoms with van der Waals surface area (Å²) in [5, 5.41) is 14.5. The van der Waals surface area contributed by atoms with Crippen LogP contribution in [0.3, 0.4) is 0 Å². The lowest BCUT2D eigenvalue weighted by Crippen LogP contribution is -2.42. The van der Waals surface area contributed by atoms with Crippen molar-refractivity contribution in [3.63, 3.8) is 0 Å². The first-order chi connectivity index (χ1) is 8.59. The van der Waals surface area contributed by atoms with Gasteiger partial charge in [0, 0.05) is 18.2 Å². The minimum Gasteiger partial charge on any atom is -0.374 e. The lowest BCUT2D eigenvalue weighted by molar-refractivity contribution is -0.384. The Balaban J connectivity index is 2.24. The van der Waals surface area contributed by atoms with Crippen molar-refractivity contribution >= 4 is 23.0 Å². The molecule has 2 unspecified atom stereocenters. The van der Waals surface area contributed by atoms with Crippen LogP contribution in [-0.4, -0.2) is 17.0 Å². The van der Waals surface area contributed by atoms with E-state index in [2.05, 4.69) is 5.32 Å². The maximum Gasteiger partial charge on any atom is 0.293 e. The molecule has 5 nitrogen and oxygen atoms in total. The van der Waals surface area contributed by atoms with Gasteiger partial charge in [-0.15, -0.1) is 0 Å². The number of hydrogen-bond acceptors (Lipinski definition) is 4. The summed E-state index contributed by atoms with van der Waals surface area (Å²) in [5.41, 5.74) is 6.41. The molecule has 1 aliphatic carbocycles. The van der Waals surface area contributed by atoms with Crippen molar-refractivity contribution < 1.29 is 4.92 Å². The Morgan fingerprint density at radius 1 is 1.39 bits per heavy atom. The van der Waals surface area contributed by atoms with Crippen LogP contribution in [0, 0.1) is 10.1 Å². The number of rotatable bonds is 3. The summed E-state index contributed by atoms with van der Waals surface area (Å²) in [5.74, 6) is 0. The number of nitro benzene ring substituents is 1. The fraction of sp³-hybridized carbons (Fsp3) is 0.500. The molecule has 0 amide bonds. The monoisotopic (exact) mass is 269 g/mol. The van der Waals surface area contributed by atoms with E-state index in [-0.39, 0.29) is 17.8 Å². The summed E-state index contributed by atoms with van der Waals surface area (Å²) in [6.07, 6.45) is 4.06. The number of hydrogen-bond donors (Lipinski definition) is 2. The van der Waals surface area contributed by atoms with Crippen molar-refractivity contribution in [3.05, 3.63) is 33.3 Å². The molecule has 0 spiro atoms. The summed E-state index contributed by atoms with van der Waals surface area (Å²) in [7, 11) is 0. The molecular weight excluding hydrogens is 254 g/mol. The molecule has 1 aromatic rings. The predicted octanol–water partition coefficient (Wildman–Crippen LogP) is 2.93. The van der Waals surface area contributed by atoms with Gasteiger partial charge in [-0.2, -0.15) is 0 Å². The predicted molar refractivity (Wildman–Crippen MR) is 72.0 cm³/mol. The standard InChI is InChI=1S/C12H16ClN3O2/c13-8-4-3-7-11(16(17)18)12(8)15-10-6-2-1-5-9(10)14/h3-4,7,9-10,15H,1-2,5-6,14H2. The number of nitrogens with one attached hydrogen (secondary N) is 1. The number of para-hydroxylation sites is 1. The summed E-state index contributed by atoms with van der Waals surface area (Å²) in [6, 6.07) is 4.74. The molecular formula is C12H16ClN3O2. The molecule has 1 aliphatic rings. The number of nitro groups is 1. The molecule has 6 heteroatoms. The maximum absolute atomic E-state index is 11.0. The van der Waals surface area contributed by atoms with Gasteiger partial charge in [-0.1, -0.05) is 30.5 Å². The van der Waals surface area contributed by atoms with Crippen LogP contribution in [0.4, 0.5) is 11.4 Å². The minimum absolute atomic E-state index is 0.000253. The summed E-state index contributed by atoms with van der Waals surface area (Å²) in [6.45, 7) is 0. The second-order valence-electron chi connectivity index (χ2n) is 4.59. The molecule has 3 N–H and O–H groups in total. The van der Waals surface area contributed by atoms with Crippen LogP contribution in [-0.2, 0) is 0 Å². The molecule has 2 atom stereocenters. The van der Waals surface area contributed by atoms with Gasteiger partial charge in [0.1, 0.15) is 5.69 Å². The molecule has 18 heavy (non-hydrogen) atoms. The molecule has 0 saturated heterocycles. The van der Waals surface area contributed by atoms with E-state index in [4.69, 9.17) is 17.3 Å². The zero-order valence-electron chi connectivity index (χ0n) is 9.93. The summed E-state index contributed by atoms with van der Waals surface area (Å²) < 4.78 is 0. The highest BCUT2D eigenvalue weighted by molar-refractivity contribution is 6.33. The number of nitrogens with two attached hydrogens (primary N) is 1. The SMILES string of the molecule is NC1CCCCC1Nc1c(Cl)cccc1[N+](=O)[O-]. The lowest BCUT2D eigenvalue weighted by atomic mass is 9.91. The molecule has 98 valence electrons. The van der Waals surface area contributed by atoms with Crippen molar-refractivity contribution in [2.45, 2.75) is 37.8 Å². The van der Waals surface area contributed by atoms with Gasteiger partial charge in [-0.25, -0.2) is 0 Å². The van der Waals surface area contributed by atoms with Gasteiger partial charge >= 0.3 is 0 Å². The zero-order valence-corrected chi connectivity index (χ0v) is 10.7. The number of anilines is 1. The van der Waals surface area contributed by atoms with Crippen LogP contribution in [0.25, 0.3) is 0 Å².